The molecular weight excluding hydrogens is 254 g/mol. The lowest BCUT2D eigenvalue weighted by Gasteiger charge is -2.19. The van der Waals surface area contributed by atoms with E-state index in [4.69, 9.17) is 17.3 Å². The minimum absolute atomic E-state index is 0.146. The van der Waals surface area contributed by atoms with Crippen molar-refractivity contribution in [1.29, 1.82) is 0 Å². The molecule has 2 aromatic rings. The van der Waals surface area contributed by atoms with Gasteiger partial charge in [-0.3, -0.25) is 0 Å². The monoisotopic (exact) mass is 267 g/mol. The smallest absolute Gasteiger partial charge is 0.223 e. The Morgan fingerprint density at radius 2 is 2.28 bits per heavy atom. The van der Waals surface area contributed by atoms with Crippen molar-refractivity contribution in [2.75, 3.05) is 12.3 Å². The predicted molar refractivity (Wildman–Crippen MR) is 68.2 cm³/mol. The number of hydrogen-bond donors (Lipinski definition) is 2. The van der Waals surface area contributed by atoms with Crippen molar-refractivity contribution in [3.05, 3.63) is 11.5 Å². The van der Waals surface area contributed by atoms with E-state index in [-0.39, 0.29) is 29.7 Å². The number of fused-ring (bicyclic) bond motifs is 1. The first-order chi connectivity index (χ1) is 8.70. The van der Waals surface area contributed by atoms with Crippen LogP contribution in [-0.4, -0.2) is 31.2 Å². The van der Waals surface area contributed by atoms with Gasteiger partial charge in [0.15, 0.2) is 10.8 Å². The highest BCUT2D eigenvalue weighted by atomic mass is 35.5. The Morgan fingerprint density at radius 1 is 1.44 bits per heavy atom. The van der Waals surface area contributed by atoms with Crippen molar-refractivity contribution in [3.8, 4) is 0 Å². The molecule has 18 heavy (non-hydrogen) atoms. The summed E-state index contributed by atoms with van der Waals surface area (Å²) in [5.74, 6) is 0.394. The Bertz CT molecular complexity index is 584. The van der Waals surface area contributed by atoms with E-state index in [0.717, 1.165) is 19.3 Å². The molecule has 3 rings (SSSR count). The van der Waals surface area contributed by atoms with Gasteiger partial charge in [-0.05, 0) is 12.8 Å². The van der Waals surface area contributed by atoms with Crippen LogP contribution in [0.3, 0.4) is 0 Å². The van der Waals surface area contributed by atoms with E-state index >= 15 is 0 Å². The molecule has 6 nitrogen and oxygen atoms in total. The number of anilines is 1. The third-order valence-electron chi connectivity index (χ3n) is 3.61. The number of nitrogens with zero attached hydrogens (tertiary/aromatic N) is 4. The fraction of sp³-hybridized carbons (Fsp3) is 0.545. The molecule has 2 atom stereocenters. The van der Waals surface area contributed by atoms with E-state index in [1.165, 1.54) is 0 Å². The Balaban J connectivity index is 2.12. The quantitative estimate of drug-likeness (QED) is 0.803. The lowest BCUT2D eigenvalue weighted by Crippen LogP contribution is -2.17. The molecule has 0 unspecified atom stereocenters. The molecule has 0 aliphatic heterocycles. The Kier molecular flexibility index (Phi) is 2.83. The zero-order chi connectivity index (χ0) is 12.7. The van der Waals surface area contributed by atoms with Crippen LogP contribution in [0.2, 0.25) is 5.15 Å². The number of rotatable bonds is 2. The van der Waals surface area contributed by atoms with Gasteiger partial charge in [0.2, 0.25) is 5.95 Å². The molecule has 1 aliphatic rings. The van der Waals surface area contributed by atoms with Crippen LogP contribution in [0.15, 0.2) is 6.33 Å². The van der Waals surface area contributed by atoms with E-state index in [2.05, 4.69) is 15.0 Å². The van der Waals surface area contributed by atoms with E-state index < -0.39 is 0 Å². The maximum absolute atomic E-state index is 9.40. The van der Waals surface area contributed by atoms with Gasteiger partial charge in [-0.1, -0.05) is 18.0 Å². The SMILES string of the molecule is Nc1nc(Cl)c2ncn([C@H]3CCC[C@H]3CO)c2n1. The number of aromatic nitrogens is 4. The third kappa shape index (κ3) is 1.72. The Hall–Kier alpha value is -1.40. The molecule has 0 aromatic carbocycles. The lowest BCUT2D eigenvalue weighted by atomic mass is 10.1. The molecule has 2 heterocycles. The maximum Gasteiger partial charge on any atom is 0.223 e. The standard InChI is InChI=1S/C11H14ClN5O/c12-9-8-10(16-11(13)15-9)17(5-14-8)7-3-1-2-6(7)4-18/h5-7,18H,1-4H2,(H2,13,15,16)/t6-,7-/m0/s1. The second kappa shape index (κ2) is 4.37. The summed E-state index contributed by atoms with van der Waals surface area (Å²) in [5, 5.41) is 9.67. The maximum atomic E-state index is 9.40. The van der Waals surface area contributed by atoms with E-state index in [0.29, 0.717) is 11.2 Å². The molecule has 1 saturated carbocycles. The fourth-order valence-corrected chi connectivity index (χ4v) is 2.96. The molecule has 0 spiro atoms. The summed E-state index contributed by atoms with van der Waals surface area (Å²) < 4.78 is 1.97. The van der Waals surface area contributed by atoms with Crippen molar-refractivity contribution < 1.29 is 5.11 Å². The normalized spacial score (nSPS) is 23.9. The van der Waals surface area contributed by atoms with E-state index in [1.54, 1.807) is 6.33 Å². The summed E-state index contributed by atoms with van der Waals surface area (Å²) >= 11 is 6.00. The zero-order valence-electron chi connectivity index (χ0n) is 9.75. The number of nitrogens with two attached hydrogens (primary N) is 1. The van der Waals surface area contributed by atoms with Gasteiger partial charge < -0.3 is 15.4 Å². The summed E-state index contributed by atoms with van der Waals surface area (Å²) in [6.45, 7) is 0.179. The topological polar surface area (TPSA) is 89.8 Å². The third-order valence-corrected chi connectivity index (χ3v) is 3.87. The molecule has 1 aliphatic carbocycles. The molecule has 1 fully saturated rings. The summed E-state index contributed by atoms with van der Waals surface area (Å²) in [6, 6.07) is 0.213. The van der Waals surface area contributed by atoms with Gasteiger partial charge in [-0.25, -0.2) is 4.98 Å². The first-order valence-electron chi connectivity index (χ1n) is 5.97. The highest BCUT2D eigenvalue weighted by Crippen LogP contribution is 2.37. The van der Waals surface area contributed by atoms with Crippen LogP contribution in [0.5, 0.6) is 0 Å². The summed E-state index contributed by atoms with van der Waals surface area (Å²) in [5.41, 5.74) is 6.84. The number of aliphatic hydroxyl groups excluding tert-OH is 1. The number of imidazole rings is 1. The molecule has 7 heteroatoms. The van der Waals surface area contributed by atoms with Crippen LogP contribution in [0.25, 0.3) is 11.2 Å². The predicted octanol–water partition coefficient (Wildman–Crippen LogP) is 1.40. The van der Waals surface area contributed by atoms with E-state index in [1.807, 2.05) is 4.57 Å². The van der Waals surface area contributed by atoms with Gasteiger partial charge in [-0.2, -0.15) is 9.97 Å². The zero-order valence-corrected chi connectivity index (χ0v) is 10.5. The summed E-state index contributed by atoms with van der Waals surface area (Å²) in [7, 11) is 0. The molecule has 3 N–H and O–H groups in total. The average Bonchev–Trinajstić information content (AvgIpc) is 2.93. The number of halogens is 1. The second-order valence-electron chi connectivity index (χ2n) is 4.64. The van der Waals surface area contributed by atoms with Crippen molar-refractivity contribution in [2.45, 2.75) is 25.3 Å². The minimum atomic E-state index is 0.146. The van der Waals surface area contributed by atoms with Crippen LogP contribution < -0.4 is 5.73 Å². The average molecular weight is 268 g/mol. The molecule has 0 radical (unpaired) electrons. The Labute approximate surface area is 109 Å². The largest absolute Gasteiger partial charge is 0.396 e. The molecule has 0 amide bonds. The first kappa shape index (κ1) is 11.7. The molecule has 0 saturated heterocycles. The number of aliphatic hydroxyl groups is 1. The first-order valence-corrected chi connectivity index (χ1v) is 6.35. The molecule has 96 valence electrons. The fourth-order valence-electron chi connectivity index (χ4n) is 2.74. The minimum Gasteiger partial charge on any atom is -0.396 e. The number of nitrogen functional groups attached to an aromatic ring is 1. The van der Waals surface area contributed by atoms with Crippen molar-refractivity contribution >= 4 is 28.7 Å². The highest BCUT2D eigenvalue weighted by molar-refractivity contribution is 6.33. The highest BCUT2D eigenvalue weighted by Gasteiger charge is 2.29. The van der Waals surface area contributed by atoms with Crippen LogP contribution in [-0.2, 0) is 0 Å². The van der Waals surface area contributed by atoms with Gasteiger partial charge in [0.05, 0.1) is 6.33 Å². The molecular formula is C11H14ClN5O. The molecule has 2 aromatic heterocycles. The second-order valence-corrected chi connectivity index (χ2v) is 5.00. The van der Waals surface area contributed by atoms with E-state index in [9.17, 15) is 5.11 Å². The van der Waals surface area contributed by atoms with Crippen LogP contribution >= 0.6 is 11.6 Å². The van der Waals surface area contributed by atoms with Gasteiger partial charge in [0.1, 0.15) is 5.52 Å². The van der Waals surface area contributed by atoms with Crippen molar-refractivity contribution in [3.63, 3.8) is 0 Å². The van der Waals surface area contributed by atoms with Gasteiger partial charge in [-0.15, -0.1) is 0 Å². The van der Waals surface area contributed by atoms with Crippen LogP contribution in [0.4, 0.5) is 5.95 Å². The van der Waals surface area contributed by atoms with Gasteiger partial charge >= 0.3 is 0 Å². The van der Waals surface area contributed by atoms with Gasteiger partial charge in [0, 0.05) is 18.6 Å². The molecule has 0 bridgehead atoms. The van der Waals surface area contributed by atoms with Crippen molar-refractivity contribution in [2.24, 2.45) is 5.92 Å². The van der Waals surface area contributed by atoms with Crippen LogP contribution in [0, 0.1) is 5.92 Å². The van der Waals surface area contributed by atoms with Crippen LogP contribution in [0.1, 0.15) is 25.3 Å². The van der Waals surface area contributed by atoms with Gasteiger partial charge in [0.25, 0.3) is 0 Å². The Morgan fingerprint density at radius 3 is 3.06 bits per heavy atom. The summed E-state index contributed by atoms with van der Waals surface area (Å²) in [4.78, 5) is 12.3. The summed E-state index contributed by atoms with van der Waals surface area (Å²) in [6.07, 6.45) is 4.85. The lowest BCUT2D eigenvalue weighted by molar-refractivity contribution is 0.197. The number of hydrogen-bond acceptors (Lipinski definition) is 5. The van der Waals surface area contributed by atoms with Crippen molar-refractivity contribution in [1.82, 2.24) is 19.5 Å².